The topological polar surface area (TPSA) is 48.0 Å². The molecule has 5 atom stereocenters. The van der Waals surface area contributed by atoms with Crippen LogP contribution in [0.25, 0.3) is 0 Å². The van der Waals surface area contributed by atoms with Gasteiger partial charge in [-0.15, -0.1) is 12.4 Å². The molecule has 5 rings (SSSR count). The van der Waals surface area contributed by atoms with Crippen molar-refractivity contribution < 1.29 is 19.0 Å². The number of likely N-dealkylation sites (tertiary alicyclic amines) is 1. The van der Waals surface area contributed by atoms with Gasteiger partial charge in [0, 0.05) is 23.9 Å². The molecule has 5 nitrogen and oxygen atoms in total. The minimum Gasteiger partial charge on any atom is -0.493 e. The Kier molecular flexibility index (Phi) is 4.16. The normalized spacial score (nSPS) is 36.4. The lowest BCUT2D eigenvalue weighted by Crippen LogP contribution is -2.66. The SMILES string of the molecule is COc1ccc2c3c1O[C@@H]1[C@@H](OC(C)=O)CC[C@H]4[C@@H](C2)N(C)CC[C@]314.Cl. The zero-order chi connectivity index (χ0) is 17.3. The van der Waals surface area contributed by atoms with Crippen LogP contribution in [0, 0.1) is 5.92 Å². The molecule has 1 aromatic carbocycles. The van der Waals surface area contributed by atoms with Crippen LogP contribution in [-0.2, 0) is 21.4 Å². The van der Waals surface area contributed by atoms with Gasteiger partial charge in [-0.05, 0) is 56.8 Å². The first-order valence-electron chi connectivity index (χ1n) is 9.30. The Morgan fingerprint density at radius 3 is 2.88 bits per heavy atom. The fourth-order valence-electron chi connectivity index (χ4n) is 6.17. The van der Waals surface area contributed by atoms with Crippen molar-refractivity contribution in [2.24, 2.45) is 5.92 Å². The van der Waals surface area contributed by atoms with E-state index in [4.69, 9.17) is 14.2 Å². The third-order valence-electron chi connectivity index (χ3n) is 7.06. The van der Waals surface area contributed by atoms with E-state index >= 15 is 0 Å². The molecule has 2 fully saturated rings. The van der Waals surface area contributed by atoms with Gasteiger partial charge in [0.15, 0.2) is 11.5 Å². The Bertz CT molecular complexity index is 754. The van der Waals surface area contributed by atoms with Gasteiger partial charge in [-0.3, -0.25) is 4.79 Å². The van der Waals surface area contributed by atoms with Crippen LogP contribution in [-0.4, -0.2) is 49.8 Å². The average molecular weight is 380 g/mol. The molecule has 2 heterocycles. The largest absolute Gasteiger partial charge is 0.493 e. The van der Waals surface area contributed by atoms with Crippen LogP contribution >= 0.6 is 12.4 Å². The van der Waals surface area contributed by atoms with Crippen molar-refractivity contribution in [2.75, 3.05) is 20.7 Å². The van der Waals surface area contributed by atoms with E-state index in [2.05, 4.69) is 18.0 Å². The highest BCUT2D eigenvalue weighted by Crippen LogP contribution is 2.64. The Balaban J connectivity index is 0.00000168. The summed E-state index contributed by atoms with van der Waals surface area (Å²) in [6.45, 7) is 2.56. The van der Waals surface area contributed by atoms with Gasteiger partial charge >= 0.3 is 5.97 Å². The predicted octanol–water partition coefficient (Wildman–Crippen LogP) is 2.72. The Labute approximate surface area is 160 Å². The maximum absolute atomic E-state index is 11.7. The van der Waals surface area contributed by atoms with Crippen LogP contribution in [0.5, 0.6) is 11.5 Å². The quantitative estimate of drug-likeness (QED) is 0.739. The number of hydrogen-bond acceptors (Lipinski definition) is 5. The van der Waals surface area contributed by atoms with Gasteiger partial charge in [0.05, 0.1) is 7.11 Å². The highest BCUT2D eigenvalue weighted by molar-refractivity contribution is 5.85. The number of rotatable bonds is 2. The average Bonchev–Trinajstić information content (AvgIpc) is 2.94. The second-order valence-electron chi connectivity index (χ2n) is 8.04. The Morgan fingerprint density at radius 2 is 2.15 bits per heavy atom. The van der Waals surface area contributed by atoms with Gasteiger partial charge in [0.25, 0.3) is 0 Å². The van der Waals surface area contributed by atoms with Crippen LogP contribution < -0.4 is 9.47 Å². The zero-order valence-electron chi connectivity index (χ0n) is 15.5. The molecule has 1 saturated carbocycles. The zero-order valence-corrected chi connectivity index (χ0v) is 16.3. The van der Waals surface area contributed by atoms with Crippen LogP contribution in [0.15, 0.2) is 12.1 Å². The van der Waals surface area contributed by atoms with Gasteiger partial charge in [-0.1, -0.05) is 6.07 Å². The lowest BCUT2D eigenvalue weighted by molar-refractivity contribution is -0.163. The summed E-state index contributed by atoms with van der Waals surface area (Å²) < 4.78 is 17.9. The molecule has 0 radical (unpaired) electrons. The number of halogens is 1. The minimum absolute atomic E-state index is 0. The summed E-state index contributed by atoms with van der Waals surface area (Å²) in [5.41, 5.74) is 2.70. The van der Waals surface area contributed by atoms with Gasteiger partial charge in [0.1, 0.15) is 12.2 Å². The molecular formula is C20H26ClNO4. The molecule has 4 aliphatic rings. The first kappa shape index (κ1) is 17.9. The van der Waals surface area contributed by atoms with E-state index in [1.165, 1.54) is 18.1 Å². The predicted molar refractivity (Wildman–Crippen MR) is 99.4 cm³/mol. The molecule has 26 heavy (non-hydrogen) atoms. The molecule has 2 aliphatic heterocycles. The molecule has 1 spiro atoms. The highest BCUT2D eigenvalue weighted by Gasteiger charge is 2.66. The summed E-state index contributed by atoms with van der Waals surface area (Å²) in [5, 5.41) is 0. The van der Waals surface area contributed by atoms with Crippen molar-refractivity contribution in [2.45, 2.75) is 56.3 Å². The lowest BCUT2D eigenvalue weighted by Gasteiger charge is -2.58. The summed E-state index contributed by atoms with van der Waals surface area (Å²) in [7, 11) is 3.94. The molecule has 1 aromatic rings. The van der Waals surface area contributed by atoms with Crippen LogP contribution in [0.2, 0.25) is 0 Å². The third-order valence-corrected chi connectivity index (χ3v) is 7.06. The van der Waals surface area contributed by atoms with Crippen molar-refractivity contribution in [1.82, 2.24) is 4.90 Å². The molecule has 0 N–H and O–H groups in total. The fourth-order valence-corrected chi connectivity index (χ4v) is 6.17. The summed E-state index contributed by atoms with van der Waals surface area (Å²) in [5.74, 6) is 2.05. The number of piperidine rings is 1. The minimum atomic E-state index is -0.216. The molecule has 2 aliphatic carbocycles. The second kappa shape index (κ2) is 6.03. The van der Waals surface area contributed by atoms with Crippen LogP contribution in [0.3, 0.4) is 0 Å². The number of carbonyl (C=O) groups excluding carboxylic acids is 1. The van der Waals surface area contributed by atoms with Crippen molar-refractivity contribution in [3.63, 3.8) is 0 Å². The van der Waals surface area contributed by atoms with Gasteiger partial charge in [0.2, 0.25) is 0 Å². The number of methoxy groups -OCH3 is 1. The van der Waals surface area contributed by atoms with Crippen molar-refractivity contribution in [1.29, 1.82) is 0 Å². The molecule has 142 valence electrons. The van der Waals surface area contributed by atoms with E-state index in [9.17, 15) is 4.79 Å². The van der Waals surface area contributed by atoms with E-state index in [1.54, 1.807) is 7.11 Å². The van der Waals surface area contributed by atoms with E-state index in [-0.39, 0.29) is 36.0 Å². The van der Waals surface area contributed by atoms with E-state index in [1.807, 2.05) is 6.07 Å². The number of esters is 1. The standard InChI is InChI=1S/C20H25NO4.ClH/c1-11(22)24-16-7-5-13-14-10-12-4-6-15(23-3)18-17(12)20(13,19(16)25-18)8-9-21(14)2;/h4,6,13-14,16,19H,5,7-10H2,1-3H3;1H/t13-,14+,16-,19+,20-;/m0./s1. The smallest absolute Gasteiger partial charge is 0.303 e. The van der Waals surface area contributed by atoms with Crippen molar-refractivity contribution in [3.05, 3.63) is 23.3 Å². The highest BCUT2D eigenvalue weighted by atomic mass is 35.5. The second-order valence-corrected chi connectivity index (χ2v) is 8.04. The third kappa shape index (κ3) is 2.10. The van der Waals surface area contributed by atoms with Crippen LogP contribution in [0.1, 0.15) is 37.3 Å². The maximum Gasteiger partial charge on any atom is 0.303 e. The van der Waals surface area contributed by atoms with Gasteiger partial charge < -0.3 is 19.1 Å². The number of nitrogens with zero attached hydrogens (tertiary/aromatic N) is 1. The summed E-state index contributed by atoms with van der Waals surface area (Å²) >= 11 is 0. The number of carbonyl (C=O) groups is 1. The van der Waals surface area contributed by atoms with E-state index in [0.29, 0.717) is 12.0 Å². The monoisotopic (exact) mass is 379 g/mol. The summed E-state index contributed by atoms with van der Waals surface area (Å²) in [6.07, 6.45) is 3.84. The number of ether oxygens (including phenoxy) is 3. The van der Waals surface area contributed by atoms with Crippen LogP contribution in [0.4, 0.5) is 0 Å². The molecule has 0 aromatic heterocycles. The van der Waals surface area contributed by atoms with E-state index < -0.39 is 0 Å². The number of likely N-dealkylation sites (N-methyl/N-ethyl adjacent to an activating group) is 1. The fraction of sp³-hybridized carbons (Fsp3) is 0.650. The molecule has 0 unspecified atom stereocenters. The molecule has 0 amide bonds. The Hall–Kier alpha value is -1.46. The molecule has 6 heteroatoms. The lowest BCUT2D eigenvalue weighted by atomic mass is 9.51. The molecular weight excluding hydrogens is 354 g/mol. The van der Waals surface area contributed by atoms with Crippen molar-refractivity contribution in [3.8, 4) is 11.5 Å². The number of hydrogen-bond donors (Lipinski definition) is 0. The number of benzene rings is 1. The van der Waals surface area contributed by atoms with Gasteiger partial charge in [-0.2, -0.15) is 0 Å². The van der Waals surface area contributed by atoms with Crippen molar-refractivity contribution >= 4 is 18.4 Å². The first-order chi connectivity index (χ1) is 12.1. The molecule has 1 saturated heterocycles. The first-order valence-corrected chi connectivity index (χ1v) is 9.30. The maximum atomic E-state index is 11.7. The summed E-state index contributed by atoms with van der Waals surface area (Å²) in [4.78, 5) is 14.2. The molecule has 2 bridgehead atoms. The van der Waals surface area contributed by atoms with E-state index in [0.717, 1.165) is 43.7 Å². The Morgan fingerprint density at radius 1 is 1.35 bits per heavy atom. The summed E-state index contributed by atoms with van der Waals surface area (Å²) in [6, 6.07) is 4.78. The van der Waals surface area contributed by atoms with Gasteiger partial charge in [-0.25, -0.2) is 0 Å².